The van der Waals surface area contributed by atoms with Gasteiger partial charge in [-0.15, -0.1) is 35.0 Å². The van der Waals surface area contributed by atoms with Gasteiger partial charge in [-0.3, -0.25) is 4.79 Å². The van der Waals surface area contributed by atoms with Crippen molar-refractivity contribution in [1.29, 1.82) is 0 Å². The Hall–Kier alpha value is -2.17. The van der Waals surface area contributed by atoms with E-state index in [0.29, 0.717) is 41.9 Å². The zero-order valence-corrected chi connectivity index (χ0v) is 23.5. The number of aromatic nitrogens is 3. The van der Waals surface area contributed by atoms with Gasteiger partial charge in [0, 0.05) is 47.9 Å². The molecule has 5 rings (SSSR count). The number of nitrogens with two attached hydrogens (primary N) is 1. The molecule has 1 aliphatic carbocycles. The zero-order chi connectivity index (χ0) is 24.8. The van der Waals surface area contributed by atoms with Crippen LogP contribution in [0.5, 0.6) is 0 Å². The second kappa shape index (κ2) is 11.3. The monoisotopic (exact) mass is 585 g/mol. The quantitative estimate of drug-likeness (QED) is 0.481. The summed E-state index contributed by atoms with van der Waals surface area (Å²) in [5.41, 5.74) is 7.91. The molecule has 1 amide bonds. The lowest BCUT2D eigenvalue weighted by molar-refractivity contribution is 0.0523. The molecular formula is C25H30Cl3N5O3S. The Morgan fingerprint density at radius 2 is 1.70 bits per heavy atom. The molecule has 0 atom stereocenters. The molecule has 0 bridgehead atoms. The maximum Gasteiger partial charge on any atom is 0.292 e. The summed E-state index contributed by atoms with van der Waals surface area (Å²) in [6, 6.07) is 14.6. The summed E-state index contributed by atoms with van der Waals surface area (Å²) < 4.78 is 25.7. The standard InChI is InChI=1S/C25H28ClN5O3S.2ClH/c1-35(33,34)21-7-2-4-17(14-21)22-28-29-23-24(32)30(12-13-31(22)23)20-8-10-25(16-27,11-9-20)18-5-3-6-19(26)15-18;;/h2-7,14-15,20H,8-13,16,27H2,1H3;2*1H/t20-,25+;;. The first-order valence-electron chi connectivity index (χ1n) is 11.7. The van der Waals surface area contributed by atoms with Gasteiger partial charge in [-0.2, -0.15) is 0 Å². The second-order valence-electron chi connectivity index (χ2n) is 9.52. The number of fused-ring (bicyclic) bond motifs is 1. The molecule has 0 unspecified atom stereocenters. The Balaban J connectivity index is 0.00000190. The first kappa shape index (κ1) is 29.4. The molecule has 12 heteroatoms. The van der Waals surface area contributed by atoms with E-state index in [9.17, 15) is 13.2 Å². The molecule has 8 nitrogen and oxygen atoms in total. The number of carbonyl (C=O) groups excluding carboxylic acids is 1. The average Bonchev–Trinajstić information content (AvgIpc) is 3.29. The molecule has 37 heavy (non-hydrogen) atoms. The Morgan fingerprint density at radius 3 is 2.35 bits per heavy atom. The largest absolute Gasteiger partial charge is 0.331 e. The van der Waals surface area contributed by atoms with Crippen LogP contribution >= 0.6 is 36.4 Å². The van der Waals surface area contributed by atoms with Gasteiger partial charge in [-0.1, -0.05) is 35.9 Å². The minimum absolute atomic E-state index is 0. The first-order valence-corrected chi connectivity index (χ1v) is 14.0. The molecule has 1 aromatic heterocycles. The topological polar surface area (TPSA) is 111 Å². The highest BCUT2D eigenvalue weighted by molar-refractivity contribution is 7.90. The predicted molar refractivity (Wildman–Crippen MR) is 149 cm³/mol. The Bertz CT molecular complexity index is 1390. The van der Waals surface area contributed by atoms with Crippen molar-refractivity contribution < 1.29 is 13.2 Å². The Morgan fingerprint density at radius 1 is 1.03 bits per heavy atom. The highest BCUT2D eigenvalue weighted by Crippen LogP contribution is 2.41. The van der Waals surface area contributed by atoms with Crippen LogP contribution in [-0.2, 0) is 21.8 Å². The van der Waals surface area contributed by atoms with Crippen LogP contribution in [0.25, 0.3) is 11.4 Å². The van der Waals surface area contributed by atoms with E-state index in [1.807, 2.05) is 23.1 Å². The summed E-state index contributed by atoms with van der Waals surface area (Å²) in [6.07, 6.45) is 4.64. The molecule has 2 aliphatic rings. The molecule has 1 aliphatic heterocycles. The van der Waals surface area contributed by atoms with E-state index in [1.54, 1.807) is 28.8 Å². The number of sulfone groups is 1. The number of hydrogen-bond donors (Lipinski definition) is 1. The van der Waals surface area contributed by atoms with E-state index in [1.165, 1.54) is 6.26 Å². The Labute approximate surface area is 234 Å². The van der Waals surface area contributed by atoms with Gasteiger partial charge in [0.25, 0.3) is 5.91 Å². The summed E-state index contributed by atoms with van der Waals surface area (Å²) in [6.45, 7) is 1.65. The lowest BCUT2D eigenvalue weighted by Gasteiger charge is -2.44. The van der Waals surface area contributed by atoms with Crippen LogP contribution < -0.4 is 5.73 Å². The maximum atomic E-state index is 13.4. The van der Waals surface area contributed by atoms with Crippen molar-refractivity contribution in [2.24, 2.45) is 5.73 Å². The summed E-state index contributed by atoms with van der Waals surface area (Å²) in [4.78, 5) is 15.5. The number of halogens is 3. The van der Waals surface area contributed by atoms with Crippen LogP contribution in [0.4, 0.5) is 0 Å². The molecule has 0 spiro atoms. The van der Waals surface area contributed by atoms with Gasteiger partial charge in [0.15, 0.2) is 15.7 Å². The third-order valence-corrected chi connectivity index (χ3v) is 8.81. The van der Waals surface area contributed by atoms with E-state index in [4.69, 9.17) is 17.3 Å². The molecule has 1 fully saturated rings. The number of amides is 1. The van der Waals surface area contributed by atoms with Gasteiger partial charge in [-0.25, -0.2) is 8.42 Å². The zero-order valence-electron chi connectivity index (χ0n) is 20.3. The summed E-state index contributed by atoms with van der Waals surface area (Å²) >= 11 is 6.24. The molecule has 2 heterocycles. The third-order valence-electron chi connectivity index (χ3n) is 7.47. The van der Waals surface area contributed by atoms with E-state index in [0.717, 1.165) is 31.2 Å². The molecular weight excluding hydrogens is 557 g/mol. The average molecular weight is 587 g/mol. The molecule has 2 N–H and O–H groups in total. The van der Waals surface area contributed by atoms with Gasteiger partial charge < -0.3 is 15.2 Å². The van der Waals surface area contributed by atoms with Gasteiger partial charge in [0.2, 0.25) is 5.82 Å². The molecule has 3 aromatic rings. The minimum atomic E-state index is -3.35. The fourth-order valence-electron chi connectivity index (χ4n) is 5.43. The van der Waals surface area contributed by atoms with Crippen molar-refractivity contribution in [1.82, 2.24) is 19.7 Å². The van der Waals surface area contributed by atoms with E-state index < -0.39 is 9.84 Å². The first-order chi connectivity index (χ1) is 16.7. The summed E-state index contributed by atoms with van der Waals surface area (Å²) in [5.74, 6) is 0.661. The SMILES string of the molecule is CS(=O)(=O)c1cccc(-c2nnc3n2CCN([C@H]2CC[C@@](CN)(c4cccc(Cl)c4)CC2)C3=O)c1.Cl.Cl. The van der Waals surface area contributed by atoms with Crippen molar-refractivity contribution in [3.63, 3.8) is 0 Å². The molecule has 0 saturated heterocycles. The number of benzene rings is 2. The fourth-order valence-corrected chi connectivity index (χ4v) is 6.29. The number of rotatable bonds is 5. The van der Waals surface area contributed by atoms with Gasteiger partial charge in [0.1, 0.15) is 0 Å². The lowest BCUT2D eigenvalue weighted by atomic mass is 9.68. The lowest BCUT2D eigenvalue weighted by Crippen LogP contribution is -2.50. The number of carbonyl (C=O) groups is 1. The maximum absolute atomic E-state index is 13.4. The van der Waals surface area contributed by atoms with Crippen LogP contribution in [0.15, 0.2) is 53.4 Å². The highest BCUT2D eigenvalue weighted by Gasteiger charge is 2.41. The molecule has 2 aromatic carbocycles. The van der Waals surface area contributed by atoms with Crippen LogP contribution in [0, 0.1) is 0 Å². The Kier molecular flexibility index (Phi) is 8.97. The second-order valence-corrected chi connectivity index (χ2v) is 12.0. The van der Waals surface area contributed by atoms with Crippen LogP contribution in [0.1, 0.15) is 41.9 Å². The van der Waals surface area contributed by atoms with Crippen molar-refractivity contribution in [2.45, 2.75) is 48.6 Å². The van der Waals surface area contributed by atoms with Crippen LogP contribution in [-0.4, -0.2) is 59.4 Å². The molecule has 0 radical (unpaired) electrons. The van der Waals surface area contributed by atoms with Gasteiger partial charge in [0.05, 0.1) is 4.90 Å². The minimum Gasteiger partial charge on any atom is -0.331 e. The molecule has 200 valence electrons. The van der Waals surface area contributed by atoms with Crippen molar-refractivity contribution in [2.75, 3.05) is 19.3 Å². The van der Waals surface area contributed by atoms with E-state index in [2.05, 4.69) is 16.3 Å². The smallest absolute Gasteiger partial charge is 0.292 e. The van der Waals surface area contributed by atoms with Gasteiger partial charge >= 0.3 is 0 Å². The van der Waals surface area contributed by atoms with E-state index in [-0.39, 0.29) is 47.1 Å². The fraction of sp³-hybridized carbons (Fsp3) is 0.400. The highest BCUT2D eigenvalue weighted by atomic mass is 35.5. The predicted octanol–water partition coefficient (Wildman–Crippen LogP) is 4.14. The van der Waals surface area contributed by atoms with Gasteiger partial charge in [-0.05, 0) is 55.5 Å². The summed E-state index contributed by atoms with van der Waals surface area (Å²) in [7, 11) is -3.35. The normalized spacial score (nSPS) is 21.5. The van der Waals surface area contributed by atoms with Crippen molar-refractivity contribution in [3.8, 4) is 11.4 Å². The van der Waals surface area contributed by atoms with Crippen molar-refractivity contribution in [3.05, 3.63) is 64.9 Å². The number of hydrogen-bond acceptors (Lipinski definition) is 6. The van der Waals surface area contributed by atoms with Crippen LogP contribution in [0.3, 0.4) is 0 Å². The van der Waals surface area contributed by atoms with Crippen LogP contribution in [0.2, 0.25) is 5.02 Å². The van der Waals surface area contributed by atoms with E-state index >= 15 is 0 Å². The third kappa shape index (κ3) is 5.52. The molecule has 1 saturated carbocycles. The number of nitrogens with zero attached hydrogens (tertiary/aromatic N) is 4. The summed E-state index contributed by atoms with van der Waals surface area (Å²) in [5, 5.41) is 9.15. The van der Waals surface area contributed by atoms with Crippen molar-refractivity contribution >= 4 is 52.2 Å².